The average Bonchev–Trinajstić information content (AvgIpc) is 3.54. The quantitative estimate of drug-likeness (QED) is 0.434. The third-order valence-electron chi connectivity index (χ3n) is 6.05. The van der Waals surface area contributed by atoms with Crippen molar-refractivity contribution in [1.29, 1.82) is 0 Å². The fraction of sp³-hybridized carbons (Fsp3) is 0.320. The lowest BCUT2D eigenvalue weighted by atomic mass is 9.97. The predicted molar refractivity (Wildman–Crippen MR) is 135 cm³/mol. The van der Waals surface area contributed by atoms with Crippen LogP contribution in [0, 0.1) is 5.92 Å². The van der Waals surface area contributed by atoms with Gasteiger partial charge in [0.15, 0.2) is 0 Å². The lowest BCUT2D eigenvalue weighted by Gasteiger charge is -2.34. The van der Waals surface area contributed by atoms with Crippen molar-refractivity contribution in [1.82, 2.24) is 14.9 Å². The van der Waals surface area contributed by atoms with E-state index in [-0.39, 0.29) is 17.4 Å². The molecule has 33 heavy (non-hydrogen) atoms. The van der Waals surface area contributed by atoms with E-state index in [4.69, 9.17) is 4.98 Å². The van der Waals surface area contributed by atoms with Gasteiger partial charge in [-0.25, -0.2) is 4.98 Å². The van der Waals surface area contributed by atoms with E-state index in [1.54, 1.807) is 15.9 Å². The summed E-state index contributed by atoms with van der Waals surface area (Å²) in [6.45, 7) is 2.47. The van der Waals surface area contributed by atoms with Gasteiger partial charge in [0.25, 0.3) is 5.56 Å². The zero-order valence-corrected chi connectivity index (χ0v) is 19.9. The number of hydrogen-bond acceptors (Lipinski definition) is 6. The second kappa shape index (κ2) is 9.89. The average molecular weight is 479 g/mol. The Morgan fingerprint density at radius 1 is 1.09 bits per heavy atom. The molecule has 1 aliphatic heterocycles. The molecule has 0 radical (unpaired) electrons. The van der Waals surface area contributed by atoms with Crippen LogP contribution in [0.3, 0.4) is 0 Å². The molecule has 1 unspecified atom stereocenters. The van der Waals surface area contributed by atoms with Crippen molar-refractivity contribution in [3.8, 4) is 0 Å². The molecule has 1 aromatic carbocycles. The Hall–Kier alpha value is -2.97. The Kier molecular flexibility index (Phi) is 6.55. The molecule has 1 atom stereocenters. The van der Waals surface area contributed by atoms with Gasteiger partial charge >= 0.3 is 0 Å². The molecule has 0 bridgehead atoms. The molecule has 1 aliphatic rings. The standard InChI is InChI=1S/C25H26N4O2S2/c30-23(26-12-10-20-9-5-14-32-20)19-8-4-13-28(17-19)25-27-21-11-15-33-22(21)24(31)29(25)16-18-6-2-1-3-7-18/h1-3,5-7,9,11,14-15,19H,4,8,10,12-13,16-17H2,(H,26,30). The van der Waals surface area contributed by atoms with Crippen LogP contribution in [0.15, 0.2) is 64.1 Å². The van der Waals surface area contributed by atoms with Crippen LogP contribution in [0.25, 0.3) is 10.2 Å². The first-order valence-corrected chi connectivity index (χ1v) is 13.0. The maximum Gasteiger partial charge on any atom is 0.273 e. The summed E-state index contributed by atoms with van der Waals surface area (Å²) >= 11 is 3.14. The van der Waals surface area contributed by atoms with Crippen molar-refractivity contribution < 1.29 is 4.79 Å². The molecule has 6 nitrogen and oxygen atoms in total. The number of aromatic nitrogens is 2. The van der Waals surface area contributed by atoms with Crippen molar-refractivity contribution in [2.75, 3.05) is 24.5 Å². The highest BCUT2D eigenvalue weighted by Gasteiger charge is 2.28. The van der Waals surface area contributed by atoms with E-state index >= 15 is 0 Å². The van der Waals surface area contributed by atoms with Crippen molar-refractivity contribution in [3.63, 3.8) is 0 Å². The minimum atomic E-state index is -0.109. The number of carbonyl (C=O) groups is 1. The fourth-order valence-electron chi connectivity index (χ4n) is 4.36. The summed E-state index contributed by atoms with van der Waals surface area (Å²) in [6.07, 6.45) is 2.60. The number of fused-ring (bicyclic) bond motifs is 1. The van der Waals surface area contributed by atoms with Crippen LogP contribution >= 0.6 is 22.7 Å². The first-order chi connectivity index (χ1) is 16.2. The molecular weight excluding hydrogens is 452 g/mol. The van der Waals surface area contributed by atoms with Crippen LogP contribution in [-0.2, 0) is 17.8 Å². The van der Waals surface area contributed by atoms with E-state index in [1.807, 2.05) is 47.8 Å². The maximum atomic E-state index is 13.4. The van der Waals surface area contributed by atoms with Gasteiger partial charge in [-0.3, -0.25) is 14.2 Å². The van der Waals surface area contributed by atoms with Gasteiger partial charge in [-0.05, 0) is 47.7 Å². The minimum Gasteiger partial charge on any atom is -0.355 e. The summed E-state index contributed by atoms with van der Waals surface area (Å²) in [7, 11) is 0. The summed E-state index contributed by atoms with van der Waals surface area (Å²) in [6, 6.07) is 16.0. The molecule has 8 heteroatoms. The Labute approximate surface area is 200 Å². The summed E-state index contributed by atoms with van der Waals surface area (Å²) in [5.74, 6) is 0.637. The molecule has 1 amide bonds. The molecule has 3 aromatic heterocycles. The Morgan fingerprint density at radius 3 is 2.79 bits per heavy atom. The van der Waals surface area contributed by atoms with E-state index in [0.717, 1.165) is 36.9 Å². The van der Waals surface area contributed by atoms with Crippen LogP contribution in [-0.4, -0.2) is 35.1 Å². The van der Waals surface area contributed by atoms with Crippen molar-refractivity contribution in [2.24, 2.45) is 5.92 Å². The van der Waals surface area contributed by atoms with Crippen LogP contribution in [0.2, 0.25) is 0 Å². The number of hydrogen-bond donors (Lipinski definition) is 1. The predicted octanol–water partition coefficient (Wildman–Crippen LogP) is 4.14. The van der Waals surface area contributed by atoms with E-state index in [9.17, 15) is 9.59 Å². The van der Waals surface area contributed by atoms with Crippen molar-refractivity contribution in [2.45, 2.75) is 25.8 Å². The molecule has 1 N–H and O–H groups in total. The van der Waals surface area contributed by atoms with Gasteiger partial charge in [0.1, 0.15) is 4.70 Å². The van der Waals surface area contributed by atoms with Crippen LogP contribution < -0.4 is 15.8 Å². The summed E-state index contributed by atoms with van der Waals surface area (Å²) in [5.41, 5.74) is 1.77. The van der Waals surface area contributed by atoms with E-state index in [2.05, 4.69) is 21.7 Å². The topological polar surface area (TPSA) is 67.2 Å². The smallest absolute Gasteiger partial charge is 0.273 e. The second-order valence-electron chi connectivity index (χ2n) is 8.33. The largest absolute Gasteiger partial charge is 0.355 e. The third kappa shape index (κ3) is 4.86. The molecular formula is C25H26N4O2S2. The van der Waals surface area contributed by atoms with Gasteiger partial charge in [0.2, 0.25) is 11.9 Å². The number of anilines is 1. The van der Waals surface area contributed by atoms with Gasteiger partial charge in [-0.2, -0.15) is 0 Å². The molecule has 4 aromatic rings. The minimum absolute atomic E-state index is 0.0172. The highest BCUT2D eigenvalue weighted by atomic mass is 32.1. The number of nitrogens with zero attached hydrogens (tertiary/aromatic N) is 3. The van der Waals surface area contributed by atoms with Crippen molar-refractivity contribution >= 4 is 44.7 Å². The zero-order chi connectivity index (χ0) is 22.6. The number of carbonyl (C=O) groups excluding carboxylic acids is 1. The molecule has 0 saturated carbocycles. The van der Waals surface area contributed by atoms with Crippen LogP contribution in [0.5, 0.6) is 0 Å². The molecule has 5 rings (SSSR count). The summed E-state index contributed by atoms with van der Waals surface area (Å²) < 4.78 is 2.44. The van der Waals surface area contributed by atoms with E-state index in [1.165, 1.54) is 16.2 Å². The number of rotatable bonds is 7. The van der Waals surface area contributed by atoms with Gasteiger partial charge in [0.05, 0.1) is 18.0 Å². The summed E-state index contributed by atoms with van der Waals surface area (Å²) in [4.78, 5) is 34.5. The first kappa shape index (κ1) is 21.9. The monoisotopic (exact) mass is 478 g/mol. The number of nitrogens with one attached hydrogen (secondary N) is 1. The van der Waals surface area contributed by atoms with Crippen LogP contribution in [0.4, 0.5) is 5.95 Å². The third-order valence-corrected chi connectivity index (χ3v) is 7.88. The van der Waals surface area contributed by atoms with Gasteiger partial charge in [-0.1, -0.05) is 36.4 Å². The SMILES string of the molecule is O=C(NCCc1cccs1)C1CCCN(c2nc3ccsc3c(=O)n2Cc2ccccc2)C1. The molecule has 0 aliphatic carbocycles. The lowest BCUT2D eigenvalue weighted by Crippen LogP contribution is -2.45. The molecule has 4 heterocycles. The van der Waals surface area contributed by atoms with E-state index < -0.39 is 0 Å². The maximum absolute atomic E-state index is 13.4. The Morgan fingerprint density at radius 2 is 1.97 bits per heavy atom. The molecule has 1 fully saturated rings. The van der Waals surface area contributed by atoms with Gasteiger partial charge < -0.3 is 10.2 Å². The highest BCUT2D eigenvalue weighted by molar-refractivity contribution is 7.17. The molecule has 0 spiro atoms. The van der Waals surface area contributed by atoms with Crippen molar-refractivity contribution in [3.05, 3.63) is 80.1 Å². The zero-order valence-electron chi connectivity index (χ0n) is 18.3. The highest BCUT2D eigenvalue weighted by Crippen LogP contribution is 2.25. The molecule has 1 saturated heterocycles. The number of thiophene rings is 2. The lowest BCUT2D eigenvalue weighted by molar-refractivity contribution is -0.125. The normalized spacial score (nSPS) is 16.2. The number of amides is 1. The summed E-state index contributed by atoms with van der Waals surface area (Å²) in [5, 5.41) is 7.08. The molecule has 170 valence electrons. The Balaban J connectivity index is 1.36. The van der Waals surface area contributed by atoms with Gasteiger partial charge in [0, 0.05) is 24.5 Å². The fourth-order valence-corrected chi connectivity index (χ4v) is 5.85. The number of benzene rings is 1. The number of piperidine rings is 1. The van der Waals surface area contributed by atoms with Gasteiger partial charge in [-0.15, -0.1) is 22.7 Å². The van der Waals surface area contributed by atoms with E-state index in [0.29, 0.717) is 30.3 Å². The van der Waals surface area contributed by atoms with Crippen LogP contribution in [0.1, 0.15) is 23.3 Å². The first-order valence-electron chi connectivity index (χ1n) is 11.3. The Bertz CT molecular complexity index is 1280. The second-order valence-corrected chi connectivity index (χ2v) is 10.3.